The van der Waals surface area contributed by atoms with E-state index in [-0.39, 0.29) is 16.5 Å². The number of benzene rings is 1. The molecule has 3 rings (SSSR count). The lowest BCUT2D eigenvalue weighted by Crippen LogP contribution is -2.22. The van der Waals surface area contributed by atoms with Crippen molar-refractivity contribution in [2.24, 2.45) is 0 Å². The molecule has 0 N–H and O–H groups in total. The van der Waals surface area contributed by atoms with E-state index in [0.29, 0.717) is 11.1 Å². The van der Waals surface area contributed by atoms with Crippen molar-refractivity contribution in [1.29, 1.82) is 0 Å². The highest BCUT2D eigenvalue weighted by atomic mass is 32.2. The fraction of sp³-hybridized carbons (Fsp3) is 0.267. The van der Waals surface area contributed by atoms with Crippen LogP contribution in [-0.2, 0) is 19.4 Å². The van der Waals surface area contributed by atoms with Gasteiger partial charge >= 0.3 is 5.97 Å². The van der Waals surface area contributed by atoms with Crippen LogP contribution >= 0.6 is 11.7 Å². The number of carbonyl (C=O) groups is 1. The molecule has 24 heavy (non-hydrogen) atoms. The Kier molecular flexibility index (Phi) is 3.92. The molecule has 2 aromatic rings. The number of ether oxygens (including phenoxy) is 2. The predicted octanol–water partition coefficient (Wildman–Crippen LogP) is 2.07. The van der Waals surface area contributed by atoms with E-state index in [9.17, 15) is 13.2 Å². The number of cyclic esters (lactones) is 1. The molecule has 1 aromatic carbocycles. The van der Waals surface area contributed by atoms with Gasteiger partial charge in [-0.2, -0.15) is 4.37 Å². The highest BCUT2D eigenvalue weighted by molar-refractivity contribution is 7.90. The van der Waals surface area contributed by atoms with Crippen molar-refractivity contribution in [3.05, 3.63) is 41.8 Å². The van der Waals surface area contributed by atoms with E-state index < -0.39 is 21.4 Å². The van der Waals surface area contributed by atoms with Gasteiger partial charge in [0.15, 0.2) is 9.84 Å². The third-order valence-electron chi connectivity index (χ3n) is 3.48. The Balaban J connectivity index is 2.09. The number of hydrogen-bond acceptors (Lipinski definition) is 8. The molecule has 0 bridgehead atoms. The smallest absolute Gasteiger partial charge is 0.375 e. The molecule has 7 nitrogen and oxygen atoms in total. The molecule has 0 saturated heterocycles. The molecular formula is C15H14N2O5S2. The van der Waals surface area contributed by atoms with Crippen molar-refractivity contribution in [2.75, 3.05) is 6.26 Å². The molecule has 1 aliphatic rings. The molecule has 0 aliphatic carbocycles. The summed E-state index contributed by atoms with van der Waals surface area (Å²) in [7, 11) is -3.30. The number of rotatable bonds is 4. The molecule has 0 unspecified atom stereocenters. The molecular weight excluding hydrogens is 352 g/mol. The van der Waals surface area contributed by atoms with Crippen LogP contribution in [0.3, 0.4) is 0 Å². The van der Waals surface area contributed by atoms with Crippen molar-refractivity contribution >= 4 is 33.1 Å². The first-order chi connectivity index (χ1) is 11.2. The van der Waals surface area contributed by atoms with E-state index >= 15 is 0 Å². The zero-order valence-electron chi connectivity index (χ0n) is 13.1. The number of esters is 1. The SMILES string of the molecule is CC1(C)OC(=O)C(Oc2cnsn2)=C1c1ccc(S(C)(=O)=O)cc1. The van der Waals surface area contributed by atoms with Crippen molar-refractivity contribution < 1.29 is 22.7 Å². The summed E-state index contributed by atoms with van der Waals surface area (Å²) in [6, 6.07) is 6.22. The highest BCUT2D eigenvalue weighted by Crippen LogP contribution is 2.40. The summed E-state index contributed by atoms with van der Waals surface area (Å²) >= 11 is 0.959. The van der Waals surface area contributed by atoms with Crippen molar-refractivity contribution in [2.45, 2.75) is 24.3 Å². The topological polar surface area (TPSA) is 95.4 Å². The summed E-state index contributed by atoms with van der Waals surface area (Å²) in [5.74, 6) is -0.370. The Morgan fingerprint density at radius 3 is 2.42 bits per heavy atom. The average Bonchev–Trinajstić information content (AvgIpc) is 3.05. The van der Waals surface area contributed by atoms with Crippen LogP contribution in [-0.4, -0.2) is 35.0 Å². The Morgan fingerprint density at radius 2 is 1.88 bits per heavy atom. The number of nitrogens with zero attached hydrogens (tertiary/aromatic N) is 2. The second-order valence-corrected chi connectivity index (χ2v) is 8.32. The molecule has 1 aromatic heterocycles. The maximum atomic E-state index is 12.2. The maximum absolute atomic E-state index is 12.2. The number of aromatic nitrogens is 2. The van der Waals surface area contributed by atoms with Crippen molar-refractivity contribution in [3.8, 4) is 5.88 Å². The summed E-state index contributed by atoms with van der Waals surface area (Å²) < 4.78 is 41.9. The van der Waals surface area contributed by atoms with Crippen LogP contribution in [0.1, 0.15) is 19.4 Å². The van der Waals surface area contributed by atoms with Gasteiger partial charge in [-0.25, -0.2) is 13.2 Å². The first kappa shape index (κ1) is 16.6. The third-order valence-corrected chi connectivity index (χ3v) is 5.07. The number of sulfone groups is 1. The van der Waals surface area contributed by atoms with E-state index in [1.165, 1.54) is 18.3 Å². The van der Waals surface area contributed by atoms with Gasteiger partial charge in [0.2, 0.25) is 5.76 Å². The van der Waals surface area contributed by atoms with Crippen molar-refractivity contribution in [3.63, 3.8) is 0 Å². The Morgan fingerprint density at radius 1 is 1.21 bits per heavy atom. The third kappa shape index (κ3) is 3.04. The molecule has 1 aliphatic heterocycles. The van der Waals surface area contributed by atoms with Crippen LogP contribution < -0.4 is 4.74 Å². The normalized spacial score (nSPS) is 17.0. The van der Waals surface area contributed by atoms with Gasteiger partial charge in [-0.3, -0.25) is 0 Å². The molecule has 0 amide bonds. The van der Waals surface area contributed by atoms with Gasteiger partial charge in [-0.05, 0) is 31.5 Å². The van der Waals surface area contributed by atoms with Gasteiger partial charge in [-0.1, -0.05) is 12.1 Å². The van der Waals surface area contributed by atoms with Gasteiger partial charge in [0, 0.05) is 6.26 Å². The van der Waals surface area contributed by atoms with Gasteiger partial charge < -0.3 is 9.47 Å². The van der Waals surface area contributed by atoms with Crippen LogP contribution in [0.25, 0.3) is 5.57 Å². The minimum Gasteiger partial charge on any atom is -0.449 e. The second kappa shape index (κ2) is 5.67. The zero-order chi connectivity index (χ0) is 17.5. The minimum atomic E-state index is -3.30. The van der Waals surface area contributed by atoms with E-state index in [4.69, 9.17) is 9.47 Å². The van der Waals surface area contributed by atoms with Crippen LogP contribution in [0.15, 0.2) is 41.1 Å². The fourth-order valence-electron chi connectivity index (χ4n) is 2.45. The largest absolute Gasteiger partial charge is 0.449 e. The quantitative estimate of drug-likeness (QED) is 0.764. The molecule has 9 heteroatoms. The van der Waals surface area contributed by atoms with Crippen LogP contribution in [0.2, 0.25) is 0 Å². The lowest BCUT2D eigenvalue weighted by atomic mass is 9.92. The molecule has 0 saturated carbocycles. The monoisotopic (exact) mass is 366 g/mol. The Bertz CT molecular complexity index is 913. The summed E-state index contributed by atoms with van der Waals surface area (Å²) in [6.45, 7) is 3.47. The highest BCUT2D eigenvalue weighted by Gasteiger charge is 2.43. The summed E-state index contributed by atoms with van der Waals surface area (Å²) in [5.41, 5.74) is 0.250. The molecule has 0 fully saturated rings. The van der Waals surface area contributed by atoms with Crippen LogP contribution in [0.4, 0.5) is 0 Å². The summed E-state index contributed by atoms with van der Waals surface area (Å²) in [4.78, 5) is 12.4. The van der Waals surface area contributed by atoms with Gasteiger partial charge in [0.25, 0.3) is 5.88 Å². The van der Waals surface area contributed by atoms with E-state index in [2.05, 4.69) is 8.75 Å². The van der Waals surface area contributed by atoms with Crippen LogP contribution in [0, 0.1) is 0 Å². The average molecular weight is 366 g/mol. The molecule has 126 valence electrons. The predicted molar refractivity (Wildman–Crippen MR) is 87.2 cm³/mol. The second-order valence-electron chi connectivity index (χ2n) is 5.75. The Labute approximate surface area is 143 Å². The summed E-state index contributed by atoms with van der Waals surface area (Å²) in [5, 5.41) is 0. The lowest BCUT2D eigenvalue weighted by Gasteiger charge is -2.21. The Hall–Kier alpha value is -2.26. The van der Waals surface area contributed by atoms with Crippen molar-refractivity contribution in [1.82, 2.24) is 8.75 Å². The number of hydrogen-bond donors (Lipinski definition) is 0. The van der Waals surface area contributed by atoms with Gasteiger partial charge in [-0.15, -0.1) is 4.37 Å². The summed E-state index contributed by atoms with van der Waals surface area (Å²) in [6.07, 6.45) is 2.54. The molecule has 2 heterocycles. The standard InChI is InChI=1S/C15H14N2O5S2/c1-15(2)12(9-4-6-10(7-5-9)24(3,19)20)13(14(18)22-15)21-11-8-16-23-17-11/h4-8H,1-3H3. The maximum Gasteiger partial charge on any atom is 0.375 e. The van der Waals surface area contributed by atoms with Gasteiger partial charge in [0.1, 0.15) is 11.8 Å². The van der Waals surface area contributed by atoms with Gasteiger partial charge in [0.05, 0.1) is 22.2 Å². The zero-order valence-corrected chi connectivity index (χ0v) is 14.8. The molecule has 0 atom stereocenters. The first-order valence-electron chi connectivity index (χ1n) is 6.92. The fourth-order valence-corrected chi connectivity index (χ4v) is 3.43. The molecule has 0 radical (unpaired) electrons. The first-order valence-corrected chi connectivity index (χ1v) is 9.55. The van der Waals surface area contributed by atoms with E-state index in [1.54, 1.807) is 26.0 Å². The minimum absolute atomic E-state index is 0.0276. The van der Waals surface area contributed by atoms with E-state index in [0.717, 1.165) is 18.0 Å². The lowest BCUT2D eigenvalue weighted by molar-refractivity contribution is -0.145. The van der Waals surface area contributed by atoms with Crippen LogP contribution in [0.5, 0.6) is 5.88 Å². The van der Waals surface area contributed by atoms with E-state index in [1.807, 2.05) is 0 Å². The molecule has 0 spiro atoms. The number of carbonyl (C=O) groups excluding carboxylic acids is 1.